The number of amides is 1. The minimum Gasteiger partial charge on any atom is -0.337 e. The second-order valence-electron chi connectivity index (χ2n) is 7.61. The maximum Gasteiger partial charge on any atom is 0.272 e. The number of hydrogen-bond donors (Lipinski definition) is 0. The van der Waals surface area contributed by atoms with Crippen molar-refractivity contribution < 1.29 is 4.79 Å². The van der Waals surface area contributed by atoms with Crippen LogP contribution in [0.1, 0.15) is 35.3 Å². The Morgan fingerprint density at radius 1 is 1.12 bits per heavy atom. The van der Waals surface area contributed by atoms with Crippen molar-refractivity contribution in [2.75, 3.05) is 26.2 Å². The Balaban J connectivity index is 1.28. The SMILES string of the molecule is Cn1nccc1C(=O)N1CC[C@@H](C2CCN(Cc3cccnc3)CC2)C1. The van der Waals surface area contributed by atoms with Gasteiger partial charge in [0.25, 0.3) is 5.91 Å². The van der Waals surface area contributed by atoms with E-state index in [4.69, 9.17) is 0 Å². The lowest BCUT2D eigenvalue weighted by molar-refractivity contribution is 0.0762. The van der Waals surface area contributed by atoms with Gasteiger partial charge < -0.3 is 4.90 Å². The summed E-state index contributed by atoms with van der Waals surface area (Å²) in [6, 6.07) is 5.97. The molecule has 4 heterocycles. The van der Waals surface area contributed by atoms with Gasteiger partial charge in [-0.05, 0) is 61.9 Å². The predicted molar refractivity (Wildman–Crippen MR) is 99.5 cm³/mol. The fraction of sp³-hybridized carbons (Fsp3) is 0.550. The lowest BCUT2D eigenvalue weighted by atomic mass is 9.83. The number of aryl methyl sites for hydroxylation is 1. The topological polar surface area (TPSA) is 54.3 Å². The summed E-state index contributed by atoms with van der Waals surface area (Å²) in [4.78, 5) is 21.4. The number of rotatable bonds is 4. The van der Waals surface area contributed by atoms with Crippen LogP contribution in [0.5, 0.6) is 0 Å². The molecule has 6 heteroatoms. The van der Waals surface area contributed by atoms with E-state index in [1.807, 2.05) is 36.5 Å². The van der Waals surface area contributed by atoms with Gasteiger partial charge in [-0.3, -0.25) is 19.4 Å². The van der Waals surface area contributed by atoms with Crippen LogP contribution in [-0.2, 0) is 13.6 Å². The van der Waals surface area contributed by atoms with E-state index in [-0.39, 0.29) is 5.91 Å². The van der Waals surface area contributed by atoms with E-state index >= 15 is 0 Å². The number of piperidine rings is 1. The summed E-state index contributed by atoms with van der Waals surface area (Å²) < 4.78 is 1.67. The maximum atomic E-state index is 12.7. The first kappa shape index (κ1) is 17.2. The molecule has 0 unspecified atom stereocenters. The third-order valence-electron chi connectivity index (χ3n) is 5.98. The van der Waals surface area contributed by atoms with Gasteiger partial charge in [-0.2, -0.15) is 5.10 Å². The number of aromatic nitrogens is 3. The van der Waals surface area contributed by atoms with E-state index in [0.29, 0.717) is 11.6 Å². The van der Waals surface area contributed by atoms with E-state index < -0.39 is 0 Å². The molecular weight excluding hydrogens is 326 g/mol. The van der Waals surface area contributed by atoms with Crippen LogP contribution in [0.25, 0.3) is 0 Å². The van der Waals surface area contributed by atoms with Crippen LogP contribution in [0.4, 0.5) is 0 Å². The minimum atomic E-state index is 0.126. The highest BCUT2D eigenvalue weighted by Gasteiger charge is 2.34. The van der Waals surface area contributed by atoms with Crippen molar-refractivity contribution in [3.05, 3.63) is 48.0 Å². The first-order chi connectivity index (χ1) is 12.7. The molecule has 2 aliphatic heterocycles. The van der Waals surface area contributed by atoms with E-state index in [1.54, 1.807) is 10.9 Å². The first-order valence-electron chi connectivity index (χ1n) is 9.59. The highest BCUT2D eigenvalue weighted by atomic mass is 16.2. The van der Waals surface area contributed by atoms with Crippen molar-refractivity contribution in [2.24, 2.45) is 18.9 Å². The van der Waals surface area contributed by atoms with Crippen LogP contribution in [-0.4, -0.2) is 56.7 Å². The molecule has 2 aliphatic rings. The lowest BCUT2D eigenvalue weighted by Crippen LogP contribution is -2.37. The molecule has 0 bridgehead atoms. The molecular formula is C20H27N5O. The van der Waals surface area contributed by atoms with Crippen molar-refractivity contribution >= 4 is 5.91 Å². The molecule has 138 valence electrons. The Morgan fingerprint density at radius 3 is 2.62 bits per heavy atom. The molecule has 6 nitrogen and oxygen atoms in total. The van der Waals surface area contributed by atoms with Crippen molar-refractivity contribution in [3.8, 4) is 0 Å². The molecule has 0 saturated carbocycles. The zero-order chi connectivity index (χ0) is 17.9. The summed E-state index contributed by atoms with van der Waals surface area (Å²) in [7, 11) is 1.83. The molecule has 26 heavy (non-hydrogen) atoms. The molecule has 2 fully saturated rings. The molecule has 2 aromatic rings. The summed E-state index contributed by atoms with van der Waals surface area (Å²) in [6.45, 7) is 5.07. The maximum absolute atomic E-state index is 12.7. The van der Waals surface area contributed by atoms with Crippen LogP contribution in [0.15, 0.2) is 36.8 Å². The van der Waals surface area contributed by atoms with Gasteiger partial charge in [0.05, 0.1) is 0 Å². The van der Waals surface area contributed by atoms with Gasteiger partial charge in [-0.15, -0.1) is 0 Å². The third-order valence-corrected chi connectivity index (χ3v) is 5.98. The first-order valence-corrected chi connectivity index (χ1v) is 9.59. The molecule has 0 aromatic carbocycles. The largest absolute Gasteiger partial charge is 0.337 e. The molecule has 0 spiro atoms. The van der Waals surface area contributed by atoms with E-state index in [9.17, 15) is 4.79 Å². The van der Waals surface area contributed by atoms with Gasteiger partial charge >= 0.3 is 0 Å². The fourth-order valence-electron chi connectivity index (χ4n) is 4.43. The Kier molecular flexibility index (Phi) is 5.02. The molecule has 0 N–H and O–H groups in total. The van der Waals surface area contributed by atoms with Crippen molar-refractivity contribution in [1.82, 2.24) is 24.6 Å². The van der Waals surface area contributed by atoms with Crippen LogP contribution in [0.3, 0.4) is 0 Å². The smallest absolute Gasteiger partial charge is 0.272 e. The second-order valence-corrected chi connectivity index (χ2v) is 7.61. The van der Waals surface area contributed by atoms with Crippen LogP contribution < -0.4 is 0 Å². The Morgan fingerprint density at radius 2 is 1.92 bits per heavy atom. The van der Waals surface area contributed by atoms with Crippen molar-refractivity contribution in [1.29, 1.82) is 0 Å². The van der Waals surface area contributed by atoms with Crippen molar-refractivity contribution in [3.63, 3.8) is 0 Å². The van der Waals surface area contributed by atoms with Crippen LogP contribution in [0, 0.1) is 11.8 Å². The summed E-state index contributed by atoms with van der Waals surface area (Å²) in [5.41, 5.74) is 1.98. The number of hydrogen-bond acceptors (Lipinski definition) is 4. The average Bonchev–Trinajstić information content (AvgIpc) is 3.32. The van der Waals surface area contributed by atoms with Gasteiger partial charge in [0.15, 0.2) is 0 Å². The Labute approximate surface area is 154 Å². The normalized spacial score (nSPS) is 22.0. The molecule has 1 atom stereocenters. The van der Waals surface area contributed by atoms with E-state index in [2.05, 4.69) is 21.0 Å². The predicted octanol–water partition coefficient (Wildman–Crippen LogP) is 2.19. The van der Waals surface area contributed by atoms with Gasteiger partial charge in [-0.25, -0.2) is 0 Å². The molecule has 2 saturated heterocycles. The van der Waals surface area contributed by atoms with E-state index in [0.717, 1.165) is 45.1 Å². The van der Waals surface area contributed by atoms with Gasteiger partial charge in [0, 0.05) is 45.3 Å². The number of likely N-dealkylation sites (tertiary alicyclic amines) is 2. The summed E-state index contributed by atoms with van der Waals surface area (Å²) in [5.74, 6) is 1.51. The highest BCUT2D eigenvalue weighted by molar-refractivity contribution is 5.92. The summed E-state index contributed by atoms with van der Waals surface area (Å²) in [5, 5.41) is 4.12. The molecule has 2 aromatic heterocycles. The lowest BCUT2D eigenvalue weighted by Gasteiger charge is -2.34. The molecule has 0 aliphatic carbocycles. The van der Waals surface area contributed by atoms with Crippen molar-refractivity contribution in [2.45, 2.75) is 25.8 Å². The van der Waals surface area contributed by atoms with Gasteiger partial charge in [0.2, 0.25) is 0 Å². The third kappa shape index (κ3) is 3.65. The molecule has 1 amide bonds. The monoisotopic (exact) mass is 353 g/mol. The number of carbonyl (C=O) groups is 1. The summed E-state index contributed by atoms with van der Waals surface area (Å²) in [6.07, 6.45) is 9.09. The highest BCUT2D eigenvalue weighted by Crippen LogP contribution is 2.32. The van der Waals surface area contributed by atoms with Gasteiger partial charge in [-0.1, -0.05) is 6.07 Å². The summed E-state index contributed by atoms with van der Waals surface area (Å²) >= 11 is 0. The average molecular weight is 353 g/mol. The zero-order valence-corrected chi connectivity index (χ0v) is 15.4. The quantitative estimate of drug-likeness (QED) is 0.845. The fourth-order valence-corrected chi connectivity index (χ4v) is 4.43. The molecule has 0 radical (unpaired) electrons. The molecule has 4 rings (SSSR count). The van der Waals surface area contributed by atoms with Crippen LogP contribution >= 0.6 is 0 Å². The van der Waals surface area contributed by atoms with Crippen LogP contribution in [0.2, 0.25) is 0 Å². The Hall–Kier alpha value is -2.21. The van der Waals surface area contributed by atoms with E-state index in [1.165, 1.54) is 18.4 Å². The van der Waals surface area contributed by atoms with Gasteiger partial charge in [0.1, 0.15) is 5.69 Å². The Bertz CT molecular complexity index is 736. The second kappa shape index (κ2) is 7.58. The number of pyridine rings is 1. The number of nitrogens with zero attached hydrogens (tertiary/aromatic N) is 5. The minimum absolute atomic E-state index is 0.126. The standard InChI is InChI=1S/C20H27N5O/c1-23-19(4-9-22-23)20(26)25-12-7-18(15-25)17-5-10-24(11-6-17)14-16-3-2-8-21-13-16/h2-4,8-9,13,17-18H,5-7,10-12,14-15H2,1H3/t18-/m1/s1. The number of carbonyl (C=O) groups excluding carboxylic acids is 1. The zero-order valence-electron chi connectivity index (χ0n) is 15.4.